The normalized spacial score (nSPS) is 10.9. The Balaban J connectivity index is 1.95. The molecule has 3 heteroatoms. The number of benzene rings is 2. The van der Waals surface area contributed by atoms with E-state index in [2.05, 4.69) is 19.2 Å². The van der Waals surface area contributed by atoms with E-state index in [-0.39, 0.29) is 12.4 Å². The average molecular weight is 287 g/mol. The Morgan fingerprint density at radius 1 is 1.10 bits per heavy atom. The maximum Gasteiger partial charge on any atom is 0.129 e. The highest BCUT2D eigenvalue weighted by Gasteiger charge is 2.05. The molecule has 0 aliphatic heterocycles. The van der Waals surface area contributed by atoms with Crippen LogP contribution in [0.5, 0.6) is 5.75 Å². The number of nitrogens with one attached hydrogen (secondary N) is 1. The summed E-state index contributed by atoms with van der Waals surface area (Å²) in [7, 11) is 0. The van der Waals surface area contributed by atoms with Crippen LogP contribution in [0.4, 0.5) is 4.39 Å². The second-order valence-corrected chi connectivity index (χ2v) is 5.55. The summed E-state index contributed by atoms with van der Waals surface area (Å²) in [6.07, 6.45) is 0. The van der Waals surface area contributed by atoms with Gasteiger partial charge < -0.3 is 10.1 Å². The van der Waals surface area contributed by atoms with Crippen LogP contribution in [-0.4, -0.2) is 6.54 Å². The molecule has 2 aromatic carbocycles. The first-order valence-electron chi connectivity index (χ1n) is 7.31. The Bertz CT molecular complexity index is 554. The van der Waals surface area contributed by atoms with Crippen molar-refractivity contribution < 1.29 is 9.13 Å². The zero-order valence-corrected chi connectivity index (χ0v) is 12.6. The fourth-order valence-electron chi connectivity index (χ4n) is 2.03. The van der Waals surface area contributed by atoms with E-state index in [1.807, 2.05) is 42.5 Å². The van der Waals surface area contributed by atoms with E-state index in [1.54, 1.807) is 0 Å². The monoisotopic (exact) mass is 287 g/mol. The molecule has 0 radical (unpaired) electrons. The van der Waals surface area contributed by atoms with Gasteiger partial charge in [-0.25, -0.2) is 4.39 Å². The molecule has 1 N–H and O–H groups in total. The van der Waals surface area contributed by atoms with E-state index < -0.39 is 0 Å². The summed E-state index contributed by atoms with van der Waals surface area (Å²) < 4.78 is 19.4. The fourth-order valence-corrected chi connectivity index (χ4v) is 2.03. The van der Waals surface area contributed by atoms with E-state index in [0.29, 0.717) is 11.5 Å². The van der Waals surface area contributed by atoms with E-state index in [9.17, 15) is 4.39 Å². The van der Waals surface area contributed by atoms with Gasteiger partial charge in [-0.15, -0.1) is 0 Å². The Kier molecular flexibility index (Phi) is 5.76. The lowest BCUT2D eigenvalue weighted by atomic mass is 10.1. The van der Waals surface area contributed by atoms with Gasteiger partial charge in [0.2, 0.25) is 0 Å². The molecule has 0 heterocycles. The predicted octanol–water partition coefficient (Wildman–Crippen LogP) is 4.15. The van der Waals surface area contributed by atoms with E-state index >= 15 is 0 Å². The first kappa shape index (κ1) is 15.5. The molecule has 2 aromatic rings. The van der Waals surface area contributed by atoms with Gasteiger partial charge in [0.25, 0.3) is 0 Å². The van der Waals surface area contributed by atoms with Gasteiger partial charge in [0.1, 0.15) is 18.2 Å². The van der Waals surface area contributed by atoms with E-state index in [1.165, 1.54) is 6.07 Å². The first-order chi connectivity index (χ1) is 10.1. The van der Waals surface area contributed by atoms with Crippen molar-refractivity contribution >= 4 is 0 Å². The standard InChI is InChI=1S/C18H22FNO/c1-14(2)11-20-12-15-8-9-18(19)16(10-15)13-21-17-6-4-3-5-7-17/h3-10,14,20H,11-13H2,1-2H3. The lowest BCUT2D eigenvalue weighted by molar-refractivity contribution is 0.299. The fraction of sp³-hybridized carbons (Fsp3) is 0.333. The van der Waals surface area contributed by atoms with Gasteiger partial charge in [-0.3, -0.25) is 0 Å². The average Bonchev–Trinajstić information content (AvgIpc) is 2.48. The van der Waals surface area contributed by atoms with E-state index in [0.717, 1.165) is 24.4 Å². The highest BCUT2D eigenvalue weighted by atomic mass is 19.1. The largest absolute Gasteiger partial charge is 0.489 e. The quantitative estimate of drug-likeness (QED) is 0.826. The van der Waals surface area contributed by atoms with Crippen LogP contribution in [0.3, 0.4) is 0 Å². The van der Waals surface area contributed by atoms with Crippen molar-refractivity contribution in [1.29, 1.82) is 0 Å². The van der Waals surface area contributed by atoms with Gasteiger partial charge in [-0.05, 0) is 42.3 Å². The number of hydrogen-bond donors (Lipinski definition) is 1. The van der Waals surface area contributed by atoms with Crippen LogP contribution in [0, 0.1) is 11.7 Å². The van der Waals surface area contributed by atoms with Gasteiger partial charge in [0, 0.05) is 12.1 Å². The molecule has 0 fully saturated rings. The third-order valence-corrected chi connectivity index (χ3v) is 3.13. The molecule has 0 saturated carbocycles. The van der Waals surface area contributed by atoms with Crippen molar-refractivity contribution in [3.05, 3.63) is 65.5 Å². The maximum absolute atomic E-state index is 13.8. The van der Waals surface area contributed by atoms with Crippen molar-refractivity contribution in [2.45, 2.75) is 27.0 Å². The summed E-state index contributed by atoms with van der Waals surface area (Å²) in [6, 6.07) is 14.7. The second-order valence-electron chi connectivity index (χ2n) is 5.55. The Hall–Kier alpha value is -1.87. The zero-order valence-electron chi connectivity index (χ0n) is 12.6. The van der Waals surface area contributed by atoms with Crippen molar-refractivity contribution in [2.24, 2.45) is 5.92 Å². The zero-order chi connectivity index (χ0) is 15.1. The lowest BCUT2D eigenvalue weighted by Crippen LogP contribution is -2.19. The summed E-state index contributed by atoms with van der Waals surface area (Å²) in [4.78, 5) is 0. The summed E-state index contributed by atoms with van der Waals surface area (Å²) in [6.45, 7) is 6.27. The molecular weight excluding hydrogens is 265 g/mol. The molecule has 2 nitrogen and oxygen atoms in total. The molecule has 0 amide bonds. The van der Waals surface area contributed by atoms with Gasteiger partial charge in [-0.2, -0.15) is 0 Å². The summed E-state index contributed by atoms with van der Waals surface area (Å²) in [5, 5.41) is 3.36. The molecule has 0 aliphatic rings. The summed E-state index contributed by atoms with van der Waals surface area (Å²) in [5.74, 6) is 1.13. The Morgan fingerprint density at radius 2 is 1.86 bits per heavy atom. The smallest absolute Gasteiger partial charge is 0.129 e. The van der Waals surface area contributed by atoms with Crippen LogP contribution >= 0.6 is 0 Å². The Labute approximate surface area is 126 Å². The molecule has 0 aliphatic carbocycles. The van der Waals surface area contributed by atoms with Gasteiger partial charge >= 0.3 is 0 Å². The molecule has 0 spiro atoms. The first-order valence-corrected chi connectivity index (χ1v) is 7.31. The number of halogens is 1. The Morgan fingerprint density at radius 3 is 2.57 bits per heavy atom. The van der Waals surface area contributed by atoms with Crippen molar-refractivity contribution in [1.82, 2.24) is 5.32 Å². The molecule has 0 saturated heterocycles. The van der Waals surface area contributed by atoms with Gasteiger partial charge in [0.05, 0.1) is 0 Å². The van der Waals surface area contributed by atoms with Crippen LogP contribution in [0.25, 0.3) is 0 Å². The van der Waals surface area contributed by atoms with Crippen LogP contribution in [-0.2, 0) is 13.2 Å². The third kappa shape index (κ3) is 5.20. The van der Waals surface area contributed by atoms with Crippen molar-refractivity contribution in [3.63, 3.8) is 0 Å². The van der Waals surface area contributed by atoms with Crippen molar-refractivity contribution in [3.8, 4) is 5.75 Å². The van der Waals surface area contributed by atoms with Crippen LogP contribution in [0.2, 0.25) is 0 Å². The summed E-state index contributed by atoms with van der Waals surface area (Å²) in [5.41, 5.74) is 1.66. The van der Waals surface area contributed by atoms with Crippen molar-refractivity contribution in [2.75, 3.05) is 6.54 Å². The van der Waals surface area contributed by atoms with Gasteiger partial charge in [0.15, 0.2) is 0 Å². The van der Waals surface area contributed by atoms with Crippen LogP contribution in [0.15, 0.2) is 48.5 Å². The predicted molar refractivity (Wildman–Crippen MR) is 83.7 cm³/mol. The number of hydrogen-bond acceptors (Lipinski definition) is 2. The minimum atomic E-state index is -0.224. The minimum absolute atomic E-state index is 0.224. The minimum Gasteiger partial charge on any atom is -0.489 e. The molecule has 2 rings (SSSR count). The number of ether oxygens (including phenoxy) is 1. The molecular formula is C18H22FNO. The molecule has 0 aromatic heterocycles. The van der Waals surface area contributed by atoms with Crippen LogP contribution in [0.1, 0.15) is 25.0 Å². The molecule has 0 bridgehead atoms. The van der Waals surface area contributed by atoms with E-state index in [4.69, 9.17) is 4.74 Å². The number of para-hydroxylation sites is 1. The van der Waals surface area contributed by atoms with Crippen LogP contribution < -0.4 is 10.1 Å². The molecule has 0 unspecified atom stereocenters. The summed E-state index contributed by atoms with van der Waals surface area (Å²) >= 11 is 0. The topological polar surface area (TPSA) is 21.3 Å². The third-order valence-electron chi connectivity index (χ3n) is 3.13. The second kappa shape index (κ2) is 7.79. The maximum atomic E-state index is 13.8. The lowest BCUT2D eigenvalue weighted by Gasteiger charge is -2.11. The van der Waals surface area contributed by atoms with Gasteiger partial charge in [-0.1, -0.05) is 38.1 Å². The molecule has 0 atom stereocenters. The highest BCUT2D eigenvalue weighted by molar-refractivity contribution is 5.26. The number of rotatable bonds is 7. The molecule has 21 heavy (non-hydrogen) atoms. The highest BCUT2D eigenvalue weighted by Crippen LogP contribution is 2.15. The molecule has 112 valence electrons. The SMILES string of the molecule is CC(C)CNCc1ccc(F)c(COc2ccccc2)c1.